The van der Waals surface area contributed by atoms with Gasteiger partial charge in [-0.3, -0.25) is 0 Å². The Morgan fingerprint density at radius 1 is 0.833 bits per heavy atom. The predicted octanol–water partition coefficient (Wildman–Crippen LogP) is 2.41. The maximum Gasteiger partial charge on any atom is 0.138 e. The normalized spacial score (nSPS) is 11.1. The molecule has 0 heterocycles. The topological polar surface area (TPSA) is 107 Å². The molecule has 2 aromatic rings. The summed E-state index contributed by atoms with van der Waals surface area (Å²) in [7, 11) is 0. The SMILES string of the molecule is N#Cc1ccc(OCCCNCC(C=O)NCCCOc2ccc(C#N)cc2)cc1. The zero-order valence-corrected chi connectivity index (χ0v) is 16.8. The molecule has 0 aliphatic rings. The highest BCUT2D eigenvalue weighted by Gasteiger charge is 2.05. The van der Waals surface area contributed by atoms with E-state index in [0.29, 0.717) is 37.4 Å². The number of ether oxygens (including phenoxy) is 2. The Hall–Kier alpha value is -3.39. The molecular weight excluding hydrogens is 380 g/mol. The van der Waals surface area contributed by atoms with Crippen molar-refractivity contribution < 1.29 is 14.3 Å². The van der Waals surface area contributed by atoms with Gasteiger partial charge in [-0.1, -0.05) is 0 Å². The average molecular weight is 406 g/mol. The van der Waals surface area contributed by atoms with Crippen LogP contribution >= 0.6 is 0 Å². The Kier molecular flexibility index (Phi) is 10.5. The first-order valence-electron chi connectivity index (χ1n) is 9.90. The van der Waals surface area contributed by atoms with Gasteiger partial charge in [-0.2, -0.15) is 10.5 Å². The lowest BCUT2D eigenvalue weighted by atomic mass is 10.2. The summed E-state index contributed by atoms with van der Waals surface area (Å²) in [6.07, 6.45) is 2.48. The highest BCUT2D eigenvalue weighted by atomic mass is 16.5. The second kappa shape index (κ2) is 13.7. The number of carbonyl (C=O) groups excluding carboxylic acids is 1. The molecule has 2 rings (SSSR count). The number of carbonyl (C=O) groups is 1. The molecule has 0 spiro atoms. The van der Waals surface area contributed by atoms with Crippen LogP contribution in [0.25, 0.3) is 0 Å². The summed E-state index contributed by atoms with van der Waals surface area (Å²) in [5.41, 5.74) is 1.21. The number of hydrogen-bond acceptors (Lipinski definition) is 7. The number of benzene rings is 2. The third-order valence-electron chi connectivity index (χ3n) is 4.26. The zero-order valence-electron chi connectivity index (χ0n) is 16.8. The molecule has 2 aromatic carbocycles. The molecule has 0 aliphatic heterocycles. The van der Waals surface area contributed by atoms with Gasteiger partial charge in [-0.25, -0.2) is 0 Å². The van der Waals surface area contributed by atoms with E-state index in [-0.39, 0.29) is 6.04 Å². The third kappa shape index (κ3) is 8.74. The van der Waals surface area contributed by atoms with E-state index >= 15 is 0 Å². The van der Waals surface area contributed by atoms with Crippen molar-refractivity contribution >= 4 is 6.29 Å². The van der Waals surface area contributed by atoms with Crippen molar-refractivity contribution in [2.24, 2.45) is 0 Å². The van der Waals surface area contributed by atoms with Crippen LogP contribution in [0.5, 0.6) is 11.5 Å². The Balaban J connectivity index is 1.49. The van der Waals surface area contributed by atoms with Gasteiger partial charge in [0.15, 0.2) is 0 Å². The quantitative estimate of drug-likeness (QED) is 0.366. The summed E-state index contributed by atoms with van der Waals surface area (Å²) in [4.78, 5) is 11.2. The number of nitrogens with one attached hydrogen (secondary N) is 2. The van der Waals surface area contributed by atoms with Gasteiger partial charge in [0.1, 0.15) is 17.8 Å². The van der Waals surface area contributed by atoms with Crippen molar-refractivity contribution in [3.05, 3.63) is 59.7 Å². The predicted molar refractivity (Wildman–Crippen MR) is 113 cm³/mol. The van der Waals surface area contributed by atoms with Crippen molar-refractivity contribution in [2.45, 2.75) is 18.9 Å². The maximum absolute atomic E-state index is 11.2. The first-order valence-corrected chi connectivity index (χ1v) is 9.90. The van der Waals surface area contributed by atoms with Gasteiger partial charge in [-0.15, -0.1) is 0 Å². The Morgan fingerprint density at radius 3 is 1.80 bits per heavy atom. The molecule has 0 bridgehead atoms. The molecule has 0 radical (unpaired) electrons. The van der Waals surface area contributed by atoms with Gasteiger partial charge in [0, 0.05) is 6.54 Å². The van der Waals surface area contributed by atoms with Crippen LogP contribution < -0.4 is 20.1 Å². The lowest BCUT2D eigenvalue weighted by Gasteiger charge is -2.14. The molecule has 1 atom stereocenters. The summed E-state index contributed by atoms with van der Waals surface area (Å²) in [6.45, 7) is 3.06. The Bertz CT molecular complexity index is 839. The molecule has 0 aliphatic carbocycles. The van der Waals surface area contributed by atoms with Crippen molar-refractivity contribution in [3.8, 4) is 23.6 Å². The molecule has 30 heavy (non-hydrogen) atoms. The summed E-state index contributed by atoms with van der Waals surface area (Å²) >= 11 is 0. The molecule has 1 unspecified atom stereocenters. The van der Waals surface area contributed by atoms with Crippen LogP contribution in [0, 0.1) is 22.7 Å². The Morgan fingerprint density at radius 2 is 1.33 bits per heavy atom. The molecule has 0 fully saturated rings. The molecular formula is C23H26N4O3. The number of hydrogen-bond donors (Lipinski definition) is 2. The van der Waals surface area contributed by atoms with Gasteiger partial charge >= 0.3 is 0 Å². The lowest BCUT2D eigenvalue weighted by Crippen LogP contribution is -2.41. The Labute approximate surface area is 177 Å². The second-order valence-electron chi connectivity index (χ2n) is 6.58. The van der Waals surface area contributed by atoms with Crippen LogP contribution in [-0.4, -0.2) is 45.2 Å². The monoisotopic (exact) mass is 406 g/mol. The van der Waals surface area contributed by atoms with Gasteiger partial charge < -0.3 is 24.9 Å². The van der Waals surface area contributed by atoms with Gasteiger partial charge in [0.25, 0.3) is 0 Å². The number of nitrogens with zero attached hydrogens (tertiary/aromatic N) is 2. The van der Waals surface area contributed by atoms with E-state index in [1.165, 1.54) is 0 Å². The minimum atomic E-state index is -0.251. The fourth-order valence-corrected chi connectivity index (χ4v) is 2.61. The van der Waals surface area contributed by atoms with Crippen LogP contribution in [-0.2, 0) is 4.79 Å². The molecule has 2 N–H and O–H groups in total. The van der Waals surface area contributed by atoms with Crippen LogP contribution in [0.3, 0.4) is 0 Å². The highest BCUT2D eigenvalue weighted by molar-refractivity contribution is 5.57. The first-order chi connectivity index (χ1) is 14.7. The van der Waals surface area contributed by atoms with Crippen LogP contribution in [0.1, 0.15) is 24.0 Å². The van der Waals surface area contributed by atoms with E-state index in [1.54, 1.807) is 48.5 Å². The molecule has 7 nitrogen and oxygen atoms in total. The number of nitriles is 2. The molecule has 0 aromatic heterocycles. The minimum Gasteiger partial charge on any atom is -0.494 e. The van der Waals surface area contributed by atoms with Crippen molar-refractivity contribution in [1.82, 2.24) is 10.6 Å². The first kappa shape index (κ1) is 22.9. The number of rotatable bonds is 14. The number of aldehydes is 1. The summed E-state index contributed by atoms with van der Waals surface area (Å²) in [6, 6.07) is 17.9. The van der Waals surface area contributed by atoms with Crippen LogP contribution in [0.4, 0.5) is 0 Å². The lowest BCUT2D eigenvalue weighted by molar-refractivity contribution is -0.109. The fraction of sp³-hybridized carbons (Fsp3) is 0.348. The smallest absolute Gasteiger partial charge is 0.138 e. The highest BCUT2D eigenvalue weighted by Crippen LogP contribution is 2.12. The van der Waals surface area contributed by atoms with Crippen molar-refractivity contribution in [1.29, 1.82) is 10.5 Å². The molecule has 156 valence electrons. The molecule has 0 saturated heterocycles. The van der Waals surface area contributed by atoms with Crippen molar-refractivity contribution in [3.63, 3.8) is 0 Å². The molecule has 0 amide bonds. The largest absolute Gasteiger partial charge is 0.494 e. The maximum atomic E-state index is 11.2. The molecule has 7 heteroatoms. The standard InChI is InChI=1S/C23H26N4O3/c24-15-19-3-7-22(8-4-19)29-13-1-11-26-17-21(18-28)27-12-2-14-30-23-9-5-20(16-25)6-10-23/h3-10,18,21,26-27H,1-2,11-14,17H2. The summed E-state index contributed by atoms with van der Waals surface area (Å²) in [5, 5.41) is 24.0. The van der Waals surface area contributed by atoms with E-state index in [2.05, 4.69) is 22.8 Å². The van der Waals surface area contributed by atoms with E-state index in [9.17, 15) is 4.79 Å². The van der Waals surface area contributed by atoms with Gasteiger partial charge in [-0.05, 0) is 74.5 Å². The van der Waals surface area contributed by atoms with Gasteiger partial charge in [0.05, 0.1) is 42.5 Å². The zero-order chi connectivity index (χ0) is 21.4. The van der Waals surface area contributed by atoms with E-state index < -0.39 is 0 Å². The van der Waals surface area contributed by atoms with Crippen molar-refractivity contribution in [2.75, 3.05) is 32.8 Å². The summed E-state index contributed by atoms with van der Waals surface area (Å²) in [5.74, 6) is 1.47. The minimum absolute atomic E-state index is 0.251. The summed E-state index contributed by atoms with van der Waals surface area (Å²) < 4.78 is 11.2. The van der Waals surface area contributed by atoms with E-state index in [1.807, 2.05) is 0 Å². The second-order valence-corrected chi connectivity index (χ2v) is 6.58. The van der Waals surface area contributed by atoms with E-state index in [0.717, 1.165) is 37.2 Å². The fourth-order valence-electron chi connectivity index (χ4n) is 2.61. The molecule has 0 saturated carbocycles. The van der Waals surface area contributed by atoms with Gasteiger partial charge in [0.2, 0.25) is 0 Å². The third-order valence-corrected chi connectivity index (χ3v) is 4.26. The van der Waals surface area contributed by atoms with Crippen LogP contribution in [0.2, 0.25) is 0 Å². The average Bonchev–Trinajstić information content (AvgIpc) is 2.80. The van der Waals surface area contributed by atoms with Crippen LogP contribution in [0.15, 0.2) is 48.5 Å². The van der Waals surface area contributed by atoms with E-state index in [4.69, 9.17) is 20.0 Å².